The fraction of sp³-hybridized carbons (Fsp3) is 0.130. The zero-order valence-corrected chi connectivity index (χ0v) is 17.7. The maximum Gasteiger partial charge on any atom is 0.433 e. The monoisotopic (exact) mass is 465 g/mol. The summed E-state index contributed by atoms with van der Waals surface area (Å²) in [7, 11) is 1.41. The summed E-state index contributed by atoms with van der Waals surface area (Å²) in [5, 5.41) is 11.5. The molecule has 0 amide bonds. The number of halogens is 3. The van der Waals surface area contributed by atoms with Gasteiger partial charge >= 0.3 is 6.18 Å². The van der Waals surface area contributed by atoms with Crippen LogP contribution in [0.25, 0.3) is 39.3 Å². The second-order valence-electron chi connectivity index (χ2n) is 7.39. The van der Waals surface area contributed by atoms with Crippen LogP contribution in [0.1, 0.15) is 17.0 Å². The normalized spacial score (nSPS) is 11.8. The minimum atomic E-state index is -4.77. The fourth-order valence-corrected chi connectivity index (χ4v) is 3.85. The molecule has 0 saturated heterocycles. The minimum absolute atomic E-state index is 0.0909. The van der Waals surface area contributed by atoms with Gasteiger partial charge in [0.1, 0.15) is 23.1 Å². The number of hydrogen-bond donors (Lipinski definition) is 1. The van der Waals surface area contributed by atoms with Crippen molar-refractivity contribution in [3.8, 4) is 34.4 Å². The molecular weight excluding hydrogens is 451 g/mol. The Bertz CT molecular complexity index is 1670. The number of nitriles is 1. The fourth-order valence-electron chi connectivity index (χ4n) is 3.85. The summed E-state index contributed by atoms with van der Waals surface area (Å²) >= 11 is 0. The van der Waals surface area contributed by atoms with E-state index in [0.29, 0.717) is 5.75 Å². The van der Waals surface area contributed by atoms with Gasteiger partial charge in [-0.1, -0.05) is 30.3 Å². The van der Waals surface area contributed by atoms with Gasteiger partial charge < -0.3 is 9.15 Å². The van der Waals surface area contributed by atoms with Crippen molar-refractivity contribution in [2.24, 2.45) is 0 Å². The third-order valence-electron chi connectivity index (χ3n) is 5.37. The molecule has 5 aromatic rings. The van der Waals surface area contributed by atoms with E-state index in [9.17, 15) is 23.2 Å². The molecule has 0 saturated carbocycles. The Kier molecular flexibility index (Phi) is 4.68. The molecule has 0 atom stereocenters. The molecule has 8 nitrogen and oxygen atoms in total. The van der Waals surface area contributed by atoms with Crippen LogP contribution in [0.3, 0.4) is 0 Å². The first-order valence-electron chi connectivity index (χ1n) is 9.90. The van der Waals surface area contributed by atoms with Crippen LogP contribution in [0.15, 0.2) is 51.7 Å². The maximum absolute atomic E-state index is 13.9. The Labute approximate surface area is 188 Å². The number of aryl methyl sites for hydroxylation is 1. The van der Waals surface area contributed by atoms with Crippen molar-refractivity contribution in [1.29, 1.82) is 5.26 Å². The number of nitrogens with zero attached hydrogens (tertiary/aromatic N) is 4. The van der Waals surface area contributed by atoms with E-state index in [4.69, 9.17) is 9.15 Å². The van der Waals surface area contributed by atoms with Gasteiger partial charge in [-0.3, -0.25) is 9.89 Å². The van der Waals surface area contributed by atoms with E-state index in [0.717, 1.165) is 4.52 Å². The number of aromatic nitrogens is 4. The molecule has 170 valence electrons. The molecule has 0 aliphatic heterocycles. The Morgan fingerprint density at radius 3 is 2.50 bits per heavy atom. The van der Waals surface area contributed by atoms with Crippen molar-refractivity contribution in [3.05, 3.63) is 69.8 Å². The molecule has 11 heteroatoms. The molecule has 3 aromatic heterocycles. The van der Waals surface area contributed by atoms with Crippen LogP contribution in [0.5, 0.6) is 5.75 Å². The Hall–Kier alpha value is -4.59. The van der Waals surface area contributed by atoms with Crippen LogP contribution in [0.2, 0.25) is 0 Å². The number of fused-ring (bicyclic) bond motifs is 2. The van der Waals surface area contributed by atoms with Gasteiger partial charge in [0, 0.05) is 0 Å². The van der Waals surface area contributed by atoms with Gasteiger partial charge in [-0.15, -0.1) is 0 Å². The lowest BCUT2D eigenvalue weighted by Crippen LogP contribution is -2.20. The Balaban J connectivity index is 1.84. The highest BCUT2D eigenvalue weighted by Gasteiger charge is 2.38. The van der Waals surface area contributed by atoms with Gasteiger partial charge in [-0.25, -0.2) is 9.97 Å². The first-order chi connectivity index (χ1) is 16.2. The molecule has 2 aromatic carbocycles. The first-order valence-corrected chi connectivity index (χ1v) is 9.90. The van der Waals surface area contributed by atoms with Gasteiger partial charge in [-0.05, 0) is 24.6 Å². The second-order valence-corrected chi connectivity index (χ2v) is 7.39. The highest BCUT2D eigenvalue weighted by molar-refractivity contribution is 5.87. The predicted molar refractivity (Wildman–Crippen MR) is 115 cm³/mol. The van der Waals surface area contributed by atoms with Crippen LogP contribution in [0.4, 0.5) is 13.2 Å². The molecule has 0 aliphatic carbocycles. The molecule has 34 heavy (non-hydrogen) atoms. The van der Waals surface area contributed by atoms with Gasteiger partial charge in [0.2, 0.25) is 5.89 Å². The largest absolute Gasteiger partial charge is 0.494 e. The molecule has 0 aliphatic rings. The number of benzene rings is 2. The number of oxazole rings is 1. The maximum atomic E-state index is 13.9. The summed E-state index contributed by atoms with van der Waals surface area (Å²) < 4.78 is 53.3. The average Bonchev–Trinajstić information content (AvgIpc) is 3.41. The standard InChI is InChI=1S/C23H14F3N5O3/c1-11-15(21-29-17-14(33-2)9-8-13(10-27)18(17)34-21)22(32)31-20(28-11)16(12-6-4-3-5-7-12)19(30-31)23(24,25)26/h3-9,30H,1-2H3. The lowest BCUT2D eigenvalue weighted by molar-refractivity contribution is -0.140. The number of H-pyrrole nitrogens is 1. The number of methoxy groups -OCH3 is 1. The highest BCUT2D eigenvalue weighted by atomic mass is 19.4. The Morgan fingerprint density at radius 1 is 1.12 bits per heavy atom. The SMILES string of the molecule is COc1ccc(C#N)c2oc(-c3c(C)nc4c(-c5ccccc5)c(C(F)(F)F)[nH]n4c3=O)nc12. The van der Waals surface area contributed by atoms with Crippen molar-refractivity contribution in [2.45, 2.75) is 13.1 Å². The first kappa shape index (κ1) is 21.3. The number of rotatable bonds is 3. The highest BCUT2D eigenvalue weighted by Crippen LogP contribution is 2.39. The third-order valence-corrected chi connectivity index (χ3v) is 5.37. The van der Waals surface area contributed by atoms with Gasteiger partial charge in [0.05, 0.1) is 23.9 Å². The Morgan fingerprint density at radius 2 is 1.85 bits per heavy atom. The summed E-state index contributed by atoms with van der Waals surface area (Å²) in [6, 6.07) is 12.8. The molecule has 3 heterocycles. The summed E-state index contributed by atoms with van der Waals surface area (Å²) in [4.78, 5) is 22.0. The number of ether oxygens (including phenoxy) is 1. The van der Waals surface area contributed by atoms with Crippen molar-refractivity contribution in [3.63, 3.8) is 0 Å². The topological polar surface area (TPSA) is 109 Å². The van der Waals surface area contributed by atoms with E-state index in [1.165, 1.54) is 38.3 Å². The lowest BCUT2D eigenvalue weighted by Gasteiger charge is -2.07. The third kappa shape index (κ3) is 3.11. The van der Waals surface area contributed by atoms with E-state index in [1.54, 1.807) is 18.2 Å². The zero-order chi connectivity index (χ0) is 24.2. The molecule has 0 fully saturated rings. The van der Waals surface area contributed by atoms with Crippen LogP contribution < -0.4 is 10.3 Å². The summed E-state index contributed by atoms with van der Waals surface area (Å²) in [5.74, 6) is 0.117. The molecule has 0 spiro atoms. The number of nitrogens with one attached hydrogen (secondary N) is 1. The van der Waals surface area contributed by atoms with Crippen molar-refractivity contribution < 1.29 is 22.3 Å². The molecule has 0 radical (unpaired) electrons. The molecule has 5 rings (SSSR count). The number of hydrogen-bond acceptors (Lipinski definition) is 6. The van der Waals surface area contributed by atoms with Crippen molar-refractivity contribution >= 4 is 16.7 Å². The van der Waals surface area contributed by atoms with Crippen molar-refractivity contribution in [1.82, 2.24) is 19.6 Å². The predicted octanol–water partition coefficient (Wildman–Crippen LogP) is 4.71. The molecule has 1 N–H and O–H groups in total. The quantitative estimate of drug-likeness (QED) is 0.414. The van der Waals surface area contributed by atoms with Crippen molar-refractivity contribution in [2.75, 3.05) is 7.11 Å². The van der Waals surface area contributed by atoms with Crippen LogP contribution in [-0.2, 0) is 6.18 Å². The van der Waals surface area contributed by atoms with Gasteiger partial charge in [-0.2, -0.15) is 22.9 Å². The van der Waals surface area contributed by atoms with Gasteiger partial charge in [0.15, 0.2) is 16.7 Å². The summed E-state index contributed by atoms with van der Waals surface area (Å²) in [6.07, 6.45) is -4.77. The second kappa shape index (κ2) is 7.48. The smallest absolute Gasteiger partial charge is 0.433 e. The zero-order valence-electron chi connectivity index (χ0n) is 17.7. The number of aromatic amines is 1. The van der Waals surface area contributed by atoms with Crippen LogP contribution in [0, 0.1) is 18.3 Å². The van der Waals surface area contributed by atoms with E-state index >= 15 is 0 Å². The van der Waals surface area contributed by atoms with Crippen LogP contribution >= 0.6 is 0 Å². The molecule has 0 unspecified atom stereocenters. The van der Waals surface area contributed by atoms with E-state index in [1.807, 2.05) is 6.07 Å². The van der Waals surface area contributed by atoms with Crippen LogP contribution in [-0.4, -0.2) is 26.7 Å². The van der Waals surface area contributed by atoms with E-state index in [-0.39, 0.29) is 50.6 Å². The summed E-state index contributed by atoms with van der Waals surface area (Å²) in [6.45, 7) is 1.48. The van der Waals surface area contributed by atoms with E-state index < -0.39 is 17.4 Å². The average molecular weight is 465 g/mol. The summed E-state index contributed by atoms with van der Waals surface area (Å²) in [5.41, 5.74) is -1.70. The molecular formula is C23H14F3N5O3. The minimum Gasteiger partial charge on any atom is -0.494 e. The molecule has 0 bridgehead atoms. The van der Waals surface area contributed by atoms with Gasteiger partial charge in [0.25, 0.3) is 5.56 Å². The lowest BCUT2D eigenvalue weighted by atomic mass is 10.1. The number of alkyl halides is 3. The van der Waals surface area contributed by atoms with E-state index in [2.05, 4.69) is 15.1 Å².